The van der Waals surface area contributed by atoms with E-state index >= 15 is 0 Å². The molecular weight excluding hydrogens is 194 g/mol. The zero-order chi connectivity index (χ0) is 10.5. The Kier molecular flexibility index (Phi) is 3.19. The van der Waals surface area contributed by atoms with Crippen LogP contribution in [-0.4, -0.2) is 19.3 Å². The zero-order valence-electron chi connectivity index (χ0n) is 8.11. The molecule has 0 saturated carbocycles. The normalized spacial score (nSPS) is 24.8. The summed E-state index contributed by atoms with van der Waals surface area (Å²) in [6.07, 6.45) is -0.462. The van der Waals surface area contributed by atoms with Crippen LogP contribution in [0.5, 0.6) is 0 Å². The topological polar surface area (TPSA) is 67.2 Å². The van der Waals surface area contributed by atoms with Gasteiger partial charge in [0.05, 0.1) is 19.3 Å². The maximum Gasteiger partial charge on any atom is 0.184 e. The van der Waals surface area contributed by atoms with Gasteiger partial charge in [-0.1, -0.05) is 35.4 Å². The van der Waals surface area contributed by atoms with Gasteiger partial charge in [-0.3, -0.25) is 0 Å². The Bertz CT molecular complexity index is 362. The van der Waals surface area contributed by atoms with Crippen molar-refractivity contribution in [1.82, 2.24) is 0 Å². The first-order chi connectivity index (χ1) is 7.40. The minimum absolute atomic E-state index is 0.133. The number of nitrogens with zero attached hydrogens (tertiary/aromatic N) is 3. The molecule has 78 valence electrons. The molecule has 1 aromatic rings. The fourth-order valence-electron chi connectivity index (χ4n) is 1.46. The molecule has 0 aromatic heterocycles. The second kappa shape index (κ2) is 4.79. The van der Waals surface area contributed by atoms with E-state index in [0.717, 1.165) is 5.56 Å². The Labute approximate surface area is 87.2 Å². The van der Waals surface area contributed by atoms with E-state index in [0.29, 0.717) is 13.2 Å². The summed E-state index contributed by atoms with van der Waals surface area (Å²) in [4.78, 5) is 2.69. The molecule has 1 saturated heterocycles. The van der Waals surface area contributed by atoms with Crippen molar-refractivity contribution in [3.05, 3.63) is 46.3 Å². The second-order valence-electron chi connectivity index (χ2n) is 3.25. The van der Waals surface area contributed by atoms with Crippen molar-refractivity contribution in [3.63, 3.8) is 0 Å². The van der Waals surface area contributed by atoms with Crippen LogP contribution in [0.4, 0.5) is 0 Å². The van der Waals surface area contributed by atoms with Crippen LogP contribution in [0.2, 0.25) is 0 Å². The Morgan fingerprint density at radius 2 is 2.20 bits per heavy atom. The highest BCUT2D eigenvalue weighted by atomic mass is 16.7. The summed E-state index contributed by atoms with van der Waals surface area (Å²) in [6.45, 7) is 0.790. The van der Waals surface area contributed by atoms with E-state index in [1.165, 1.54) is 0 Å². The van der Waals surface area contributed by atoms with Gasteiger partial charge >= 0.3 is 0 Å². The number of hydrogen-bond acceptors (Lipinski definition) is 3. The lowest BCUT2D eigenvalue weighted by Crippen LogP contribution is -2.13. The van der Waals surface area contributed by atoms with Crippen molar-refractivity contribution in [2.24, 2.45) is 5.11 Å². The van der Waals surface area contributed by atoms with Gasteiger partial charge in [-0.05, 0) is 5.53 Å². The van der Waals surface area contributed by atoms with Crippen molar-refractivity contribution in [3.8, 4) is 0 Å². The quantitative estimate of drug-likeness (QED) is 0.432. The molecule has 15 heavy (non-hydrogen) atoms. The monoisotopic (exact) mass is 205 g/mol. The molecule has 1 aliphatic rings. The minimum Gasteiger partial charge on any atom is -0.346 e. The first kappa shape index (κ1) is 9.98. The van der Waals surface area contributed by atoms with E-state index in [-0.39, 0.29) is 12.4 Å². The molecule has 2 rings (SSSR count). The Balaban J connectivity index is 1.95. The highest BCUT2D eigenvalue weighted by Gasteiger charge is 2.26. The third kappa shape index (κ3) is 2.47. The van der Waals surface area contributed by atoms with Crippen LogP contribution in [-0.2, 0) is 9.47 Å². The summed E-state index contributed by atoms with van der Waals surface area (Å²) < 4.78 is 11.0. The van der Waals surface area contributed by atoms with E-state index in [1.807, 2.05) is 30.3 Å². The summed E-state index contributed by atoms with van der Waals surface area (Å²) in [5.74, 6) is 0. The van der Waals surface area contributed by atoms with Crippen molar-refractivity contribution < 1.29 is 9.47 Å². The molecule has 0 N–H and O–H groups in total. The molecule has 1 aromatic carbocycles. The predicted molar refractivity (Wildman–Crippen MR) is 54.0 cm³/mol. The summed E-state index contributed by atoms with van der Waals surface area (Å²) in [5.41, 5.74) is 9.16. The second-order valence-corrected chi connectivity index (χ2v) is 3.25. The maximum absolute atomic E-state index is 8.17. The van der Waals surface area contributed by atoms with E-state index in [1.54, 1.807) is 0 Å². The zero-order valence-corrected chi connectivity index (χ0v) is 8.11. The van der Waals surface area contributed by atoms with Gasteiger partial charge in [-0.15, -0.1) is 0 Å². The van der Waals surface area contributed by atoms with Gasteiger partial charge < -0.3 is 9.47 Å². The molecule has 0 amide bonds. The van der Waals surface area contributed by atoms with Crippen molar-refractivity contribution in [2.45, 2.75) is 12.4 Å². The lowest BCUT2D eigenvalue weighted by Gasteiger charge is -2.09. The average molecular weight is 205 g/mol. The fraction of sp³-hybridized carbons (Fsp3) is 0.400. The van der Waals surface area contributed by atoms with Gasteiger partial charge in [-0.2, -0.15) is 0 Å². The van der Waals surface area contributed by atoms with E-state index in [2.05, 4.69) is 10.0 Å². The number of hydrogen-bond donors (Lipinski definition) is 0. The summed E-state index contributed by atoms with van der Waals surface area (Å²) in [6, 6.07) is 9.70. The molecule has 0 spiro atoms. The molecule has 0 radical (unpaired) electrons. The molecule has 5 nitrogen and oxygen atoms in total. The van der Waals surface area contributed by atoms with E-state index in [4.69, 9.17) is 15.0 Å². The van der Waals surface area contributed by atoms with Gasteiger partial charge in [0.25, 0.3) is 0 Å². The Morgan fingerprint density at radius 1 is 1.40 bits per heavy atom. The van der Waals surface area contributed by atoms with Gasteiger partial charge in [-0.25, -0.2) is 0 Å². The number of rotatable bonds is 3. The third-order valence-electron chi connectivity index (χ3n) is 2.17. The van der Waals surface area contributed by atoms with Crippen LogP contribution in [0.15, 0.2) is 35.4 Å². The minimum atomic E-state index is -0.329. The van der Waals surface area contributed by atoms with Crippen molar-refractivity contribution in [2.75, 3.05) is 13.2 Å². The molecule has 1 fully saturated rings. The lowest BCUT2D eigenvalue weighted by molar-refractivity contribution is -0.0585. The van der Waals surface area contributed by atoms with Gasteiger partial charge in [0.15, 0.2) is 6.29 Å². The molecule has 5 heteroatoms. The number of benzene rings is 1. The summed E-state index contributed by atoms with van der Waals surface area (Å²) in [7, 11) is 0. The third-order valence-corrected chi connectivity index (χ3v) is 2.17. The first-order valence-corrected chi connectivity index (χ1v) is 4.73. The Hall–Kier alpha value is -1.55. The summed E-state index contributed by atoms with van der Waals surface area (Å²) >= 11 is 0. The fourth-order valence-corrected chi connectivity index (χ4v) is 1.46. The smallest absolute Gasteiger partial charge is 0.184 e. The number of ether oxygens (including phenoxy) is 2. The van der Waals surface area contributed by atoms with Gasteiger partial charge in [0, 0.05) is 10.5 Å². The van der Waals surface area contributed by atoms with E-state index < -0.39 is 0 Å². The molecule has 0 bridgehead atoms. The van der Waals surface area contributed by atoms with Crippen LogP contribution in [0.3, 0.4) is 0 Å². The standard InChI is InChI=1S/C10H11N3O2/c11-13-12-6-9-7-14-10(15-9)8-4-2-1-3-5-8/h1-5,9-10H,6-7H2. The maximum atomic E-state index is 8.17. The molecule has 2 unspecified atom stereocenters. The van der Waals surface area contributed by atoms with Gasteiger partial charge in [0.1, 0.15) is 0 Å². The molecule has 2 atom stereocenters. The van der Waals surface area contributed by atoms with Crippen molar-refractivity contribution >= 4 is 0 Å². The van der Waals surface area contributed by atoms with Crippen molar-refractivity contribution in [1.29, 1.82) is 0 Å². The van der Waals surface area contributed by atoms with Crippen LogP contribution in [0.1, 0.15) is 11.9 Å². The highest BCUT2D eigenvalue weighted by Crippen LogP contribution is 2.26. The molecule has 1 aliphatic heterocycles. The van der Waals surface area contributed by atoms with E-state index in [9.17, 15) is 0 Å². The SMILES string of the molecule is [N-]=[N+]=NCC1COC(c2ccccc2)O1. The predicted octanol–water partition coefficient (Wildman–Crippen LogP) is 2.41. The van der Waals surface area contributed by atoms with Crippen LogP contribution < -0.4 is 0 Å². The highest BCUT2D eigenvalue weighted by molar-refractivity contribution is 5.16. The number of azide groups is 1. The largest absolute Gasteiger partial charge is 0.346 e. The van der Waals surface area contributed by atoms with Crippen LogP contribution in [0.25, 0.3) is 10.4 Å². The molecule has 0 aliphatic carbocycles. The molecule has 1 heterocycles. The molecular formula is C10H11N3O2. The first-order valence-electron chi connectivity index (χ1n) is 4.73. The lowest BCUT2D eigenvalue weighted by atomic mass is 10.2. The Morgan fingerprint density at radius 3 is 2.93 bits per heavy atom. The van der Waals surface area contributed by atoms with Crippen LogP contribution in [0, 0.1) is 0 Å². The average Bonchev–Trinajstić information content (AvgIpc) is 2.76. The summed E-state index contributed by atoms with van der Waals surface area (Å²) in [5, 5.41) is 3.46. The van der Waals surface area contributed by atoms with Crippen LogP contribution >= 0.6 is 0 Å². The van der Waals surface area contributed by atoms with Gasteiger partial charge in [0.2, 0.25) is 0 Å².